The number of amides is 2. The van der Waals surface area contributed by atoms with Crippen molar-refractivity contribution >= 4 is 6.03 Å². The second kappa shape index (κ2) is 4.46. The maximum atomic E-state index is 11.7. The number of carbonyl (C=O) groups excluding carboxylic acids is 1. The van der Waals surface area contributed by atoms with Crippen LogP contribution in [-0.4, -0.2) is 48.1 Å². The van der Waals surface area contributed by atoms with E-state index in [2.05, 4.69) is 0 Å². The van der Waals surface area contributed by atoms with Crippen LogP contribution in [0.3, 0.4) is 0 Å². The summed E-state index contributed by atoms with van der Waals surface area (Å²) in [5.74, 6) is 0. The van der Waals surface area contributed by atoms with E-state index in [9.17, 15) is 4.79 Å². The summed E-state index contributed by atoms with van der Waals surface area (Å²) in [6, 6.07) is 0.317. The summed E-state index contributed by atoms with van der Waals surface area (Å²) in [6.07, 6.45) is 0.938. The molecule has 1 aliphatic heterocycles. The minimum absolute atomic E-state index is 0.137. The number of hydrogen-bond acceptors (Lipinski definition) is 2. The molecule has 2 N–H and O–H groups in total. The summed E-state index contributed by atoms with van der Waals surface area (Å²) in [6.45, 7) is 7.09. The Morgan fingerprint density at radius 2 is 2.15 bits per heavy atom. The van der Waals surface area contributed by atoms with E-state index in [0.29, 0.717) is 0 Å². The molecule has 0 aromatic carbocycles. The normalized spacial score (nSPS) is 22.1. The topological polar surface area (TPSA) is 49.6 Å². The molecule has 0 aromatic rings. The Morgan fingerprint density at radius 3 is 2.54 bits per heavy atom. The van der Waals surface area contributed by atoms with Gasteiger partial charge in [-0.05, 0) is 20.3 Å². The second-order valence-electron chi connectivity index (χ2n) is 3.45. The number of likely N-dealkylation sites (tertiary alicyclic amines) is 1. The highest BCUT2D eigenvalue weighted by atomic mass is 16.2. The van der Waals surface area contributed by atoms with Gasteiger partial charge in [-0.2, -0.15) is 0 Å². The van der Waals surface area contributed by atoms with Crippen molar-refractivity contribution in [1.29, 1.82) is 0 Å². The molecule has 1 rings (SSSR count). The van der Waals surface area contributed by atoms with Gasteiger partial charge in [-0.3, -0.25) is 0 Å². The Labute approximate surface area is 79.7 Å². The monoisotopic (exact) mass is 185 g/mol. The summed E-state index contributed by atoms with van der Waals surface area (Å²) in [4.78, 5) is 15.4. The van der Waals surface area contributed by atoms with Crippen molar-refractivity contribution in [3.63, 3.8) is 0 Å². The van der Waals surface area contributed by atoms with Gasteiger partial charge in [0.15, 0.2) is 0 Å². The number of carbonyl (C=O) groups is 1. The molecule has 1 atom stereocenters. The van der Waals surface area contributed by atoms with Crippen LogP contribution in [0.15, 0.2) is 0 Å². The average molecular weight is 185 g/mol. The lowest BCUT2D eigenvalue weighted by atomic mass is 10.3. The zero-order chi connectivity index (χ0) is 9.84. The first-order chi connectivity index (χ1) is 6.19. The molecule has 4 heteroatoms. The molecular formula is C9H19N3O. The third-order valence-electron chi connectivity index (χ3n) is 2.53. The number of urea groups is 1. The molecule has 13 heavy (non-hydrogen) atoms. The van der Waals surface area contributed by atoms with Crippen molar-refractivity contribution in [3.8, 4) is 0 Å². The van der Waals surface area contributed by atoms with E-state index in [1.54, 1.807) is 0 Å². The van der Waals surface area contributed by atoms with Crippen LogP contribution in [0.5, 0.6) is 0 Å². The van der Waals surface area contributed by atoms with E-state index in [1.165, 1.54) is 0 Å². The minimum atomic E-state index is 0.137. The summed E-state index contributed by atoms with van der Waals surface area (Å²) < 4.78 is 0. The summed E-state index contributed by atoms with van der Waals surface area (Å²) in [5.41, 5.74) is 5.73. The number of hydrogen-bond donors (Lipinski definition) is 1. The van der Waals surface area contributed by atoms with Crippen molar-refractivity contribution in [2.45, 2.75) is 26.3 Å². The molecule has 76 valence electrons. The molecule has 0 radical (unpaired) electrons. The molecule has 0 saturated carbocycles. The summed E-state index contributed by atoms with van der Waals surface area (Å²) >= 11 is 0. The number of nitrogens with two attached hydrogens (primary N) is 1. The van der Waals surface area contributed by atoms with E-state index < -0.39 is 0 Å². The molecule has 0 aromatic heterocycles. The third-order valence-corrected chi connectivity index (χ3v) is 2.53. The SMILES string of the molecule is CCN(CC)C(=O)N1CCC(N)C1. The molecule has 0 bridgehead atoms. The van der Waals surface area contributed by atoms with Crippen LogP contribution in [0, 0.1) is 0 Å². The van der Waals surface area contributed by atoms with E-state index in [1.807, 2.05) is 23.6 Å². The van der Waals surface area contributed by atoms with Gasteiger partial charge >= 0.3 is 6.03 Å². The van der Waals surface area contributed by atoms with Crippen molar-refractivity contribution < 1.29 is 4.79 Å². The highest BCUT2D eigenvalue weighted by Crippen LogP contribution is 2.09. The molecule has 1 fully saturated rings. The Kier molecular flexibility index (Phi) is 3.54. The second-order valence-corrected chi connectivity index (χ2v) is 3.45. The summed E-state index contributed by atoms with van der Waals surface area (Å²) in [7, 11) is 0. The highest BCUT2D eigenvalue weighted by Gasteiger charge is 2.25. The average Bonchev–Trinajstić information content (AvgIpc) is 2.54. The van der Waals surface area contributed by atoms with Crippen LogP contribution < -0.4 is 5.73 Å². The van der Waals surface area contributed by atoms with Crippen molar-refractivity contribution in [1.82, 2.24) is 9.80 Å². The lowest BCUT2D eigenvalue weighted by Gasteiger charge is -2.25. The smallest absolute Gasteiger partial charge is 0.320 e. The Morgan fingerprint density at radius 1 is 1.54 bits per heavy atom. The van der Waals surface area contributed by atoms with Crippen LogP contribution in [0.4, 0.5) is 4.79 Å². The molecule has 2 amide bonds. The molecular weight excluding hydrogens is 166 g/mol. The van der Waals surface area contributed by atoms with E-state index in [4.69, 9.17) is 5.73 Å². The van der Waals surface area contributed by atoms with E-state index in [-0.39, 0.29) is 12.1 Å². The van der Waals surface area contributed by atoms with Crippen molar-refractivity contribution in [3.05, 3.63) is 0 Å². The van der Waals surface area contributed by atoms with Gasteiger partial charge in [0.25, 0.3) is 0 Å². The van der Waals surface area contributed by atoms with Gasteiger partial charge in [0.1, 0.15) is 0 Å². The Bertz CT molecular complexity index is 180. The Hall–Kier alpha value is -0.770. The molecule has 1 saturated heterocycles. The highest BCUT2D eigenvalue weighted by molar-refractivity contribution is 5.74. The zero-order valence-electron chi connectivity index (χ0n) is 8.49. The predicted molar refractivity (Wildman–Crippen MR) is 52.5 cm³/mol. The lowest BCUT2D eigenvalue weighted by molar-refractivity contribution is 0.167. The van der Waals surface area contributed by atoms with Gasteiger partial charge < -0.3 is 15.5 Å². The quantitative estimate of drug-likeness (QED) is 0.680. The fourth-order valence-corrected chi connectivity index (χ4v) is 1.66. The van der Waals surface area contributed by atoms with Crippen LogP contribution in [-0.2, 0) is 0 Å². The minimum Gasteiger partial charge on any atom is -0.326 e. The van der Waals surface area contributed by atoms with Gasteiger partial charge in [0.2, 0.25) is 0 Å². The van der Waals surface area contributed by atoms with Gasteiger partial charge in [0, 0.05) is 32.2 Å². The zero-order valence-corrected chi connectivity index (χ0v) is 8.49. The van der Waals surface area contributed by atoms with Crippen LogP contribution in [0.25, 0.3) is 0 Å². The van der Waals surface area contributed by atoms with Crippen LogP contribution in [0.1, 0.15) is 20.3 Å². The predicted octanol–water partition coefficient (Wildman–Crippen LogP) is 0.481. The van der Waals surface area contributed by atoms with Crippen molar-refractivity contribution in [2.24, 2.45) is 5.73 Å². The molecule has 0 aliphatic carbocycles. The molecule has 1 aliphatic rings. The van der Waals surface area contributed by atoms with Gasteiger partial charge in [-0.1, -0.05) is 0 Å². The molecule has 0 spiro atoms. The fourth-order valence-electron chi connectivity index (χ4n) is 1.66. The molecule has 1 heterocycles. The Balaban J connectivity index is 2.47. The fraction of sp³-hybridized carbons (Fsp3) is 0.889. The lowest BCUT2D eigenvalue weighted by Crippen LogP contribution is -2.42. The first kappa shape index (κ1) is 10.3. The third kappa shape index (κ3) is 2.34. The number of nitrogens with zero attached hydrogens (tertiary/aromatic N) is 2. The standard InChI is InChI=1S/C9H19N3O/c1-3-11(4-2)9(13)12-6-5-8(10)7-12/h8H,3-7,10H2,1-2H3. The van der Waals surface area contributed by atoms with Crippen molar-refractivity contribution in [2.75, 3.05) is 26.2 Å². The number of rotatable bonds is 2. The van der Waals surface area contributed by atoms with Gasteiger partial charge in [-0.25, -0.2) is 4.79 Å². The van der Waals surface area contributed by atoms with Gasteiger partial charge in [0.05, 0.1) is 0 Å². The van der Waals surface area contributed by atoms with E-state index in [0.717, 1.165) is 32.6 Å². The molecule has 1 unspecified atom stereocenters. The van der Waals surface area contributed by atoms with E-state index >= 15 is 0 Å². The van der Waals surface area contributed by atoms with Crippen LogP contribution >= 0.6 is 0 Å². The maximum absolute atomic E-state index is 11.7. The maximum Gasteiger partial charge on any atom is 0.320 e. The van der Waals surface area contributed by atoms with Gasteiger partial charge in [-0.15, -0.1) is 0 Å². The molecule has 4 nitrogen and oxygen atoms in total. The summed E-state index contributed by atoms with van der Waals surface area (Å²) in [5, 5.41) is 0. The largest absolute Gasteiger partial charge is 0.326 e. The first-order valence-electron chi connectivity index (χ1n) is 4.98. The van der Waals surface area contributed by atoms with Crippen LogP contribution in [0.2, 0.25) is 0 Å². The first-order valence-corrected chi connectivity index (χ1v) is 4.98.